The van der Waals surface area contributed by atoms with Gasteiger partial charge in [-0.25, -0.2) is 13.1 Å². The van der Waals surface area contributed by atoms with Crippen molar-refractivity contribution in [3.05, 3.63) is 24.3 Å². The van der Waals surface area contributed by atoms with Crippen molar-refractivity contribution in [2.24, 2.45) is 11.7 Å². The van der Waals surface area contributed by atoms with Crippen LogP contribution < -0.4 is 15.8 Å². The molecule has 0 saturated carbocycles. The van der Waals surface area contributed by atoms with Crippen LogP contribution in [0.1, 0.15) is 20.3 Å². The normalized spacial score (nSPS) is 14.9. The number of amides is 1. The summed E-state index contributed by atoms with van der Waals surface area (Å²) in [7, 11) is -4.28. The first-order chi connectivity index (χ1) is 11.0. The van der Waals surface area contributed by atoms with Gasteiger partial charge in [0.05, 0.1) is 10.9 Å². The van der Waals surface area contributed by atoms with Crippen LogP contribution in [0.3, 0.4) is 0 Å². The molecule has 0 spiro atoms. The lowest BCUT2D eigenvalue weighted by molar-refractivity contribution is -0.121. The largest absolute Gasteiger partial charge is 0.402 e. The van der Waals surface area contributed by atoms with Crippen molar-refractivity contribution in [3.8, 4) is 0 Å². The lowest BCUT2D eigenvalue weighted by Crippen LogP contribution is -2.40. The molecule has 0 aliphatic carbocycles. The summed E-state index contributed by atoms with van der Waals surface area (Å²) in [6, 6.07) is 4.05. The second-order valence-electron chi connectivity index (χ2n) is 5.36. The number of hydrogen-bond acceptors (Lipinski definition) is 4. The Morgan fingerprint density at radius 2 is 1.79 bits per heavy atom. The molecule has 0 aromatic heterocycles. The van der Waals surface area contributed by atoms with Crippen LogP contribution in [0.5, 0.6) is 0 Å². The molecule has 0 fully saturated rings. The number of nitrogens with one attached hydrogen (secondary N) is 2. The van der Waals surface area contributed by atoms with Gasteiger partial charge in [-0.15, -0.1) is 0 Å². The van der Waals surface area contributed by atoms with Crippen LogP contribution in [0.2, 0.25) is 0 Å². The fraction of sp³-hybridized carbons (Fsp3) is 0.500. The summed E-state index contributed by atoms with van der Waals surface area (Å²) in [5.41, 5.74) is 6.07. The highest BCUT2D eigenvalue weighted by molar-refractivity contribution is 7.89. The van der Waals surface area contributed by atoms with Crippen LogP contribution in [0, 0.1) is 5.92 Å². The molecule has 1 aromatic carbocycles. The Morgan fingerprint density at radius 3 is 2.25 bits per heavy atom. The molecule has 2 unspecified atom stereocenters. The highest BCUT2D eigenvalue weighted by Gasteiger charge is 2.30. The molecule has 1 aromatic rings. The summed E-state index contributed by atoms with van der Waals surface area (Å²) in [6.45, 7) is 2.06. The summed E-state index contributed by atoms with van der Waals surface area (Å²) in [4.78, 5) is 11.6. The smallest absolute Gasteiger partial charge is 0.325 e. The molecule has 0 heterocycles. The summed E-state index contributed by atoms with van der Waals surface area (Å²) in [5.74, 6) is -0.452. The third-order valence-corrected chi connectivity index (χ3v) is 4.87. The minimum absolute atomic E-state index is 0.0313. The van der Waals surface area contributed by atoms with Gasteiger partial charge in [0.1, 0.15) is 6.54 Å². The highest BCUT2D eigenvalue weighted by Crippen LogP contribution is 2.17. The van der Waals surface area contributed by atoms with E-state index in [1.165, 1.54) is 16.9 Å². The average Bonchev–Trinajstić information content (AvgIpc) is 2.51. The van der Waals surface area contributed by atoms with E-state index in [0.29, 0.717) is 5.69 Å². The molecule has 6 nitrogen and oxygen atoms in total. The Morgan fingerprint density at radius 1 is 1.25 bits per heavy atom. The van der Waals surface area contributed by atoms with Crippen molar-refractivity contribution in [2.75, 3.05) is 11.9 Å². The molecule has 0 aliphatic rings. The predicted octanol–water partition coefficient (Wildman–Crippen LogP) is 1.84. The zero-order chi connectivity index (χ0) is 18.5. The number of hydrogen-bond donors (Lipinski definition) is 3. The summed E-state index contributed by atoms with van der Waals surface area (Å²) < 4.78 is 61.2. The maximum Gasteiger partial charge on any atom is 0.402 e. The van der Waals surface area contributed by atoms with Crippen LogP contribution in [0.25, 0.3) is 0 Å². The second kappa shape index (κ2) is 7.95. The SMILES string of the molecule is CCC(C)C(N)C(=O)Nc1ccc(S(=O)(=O)NCC(F)(F)F)cc1. The van der Waals surface area contributed by atoms with Crippen molar-refractivity contribution < 1.29 is 26.4 Å². The van der Waals surface area contributed by atoms with E-state index < -0.39 is 34.7 Å². The Hall–Kier alpha value is -1.65. The van der Waals surface area contributed by atoms with Crippen molar-refractivity contribution >= 4 is 21.6 Å². The molecule has 1 amide bonds. The summed E-state index contributed by atoms with van der Waals surface area (Å²) in [6.07, 6.45) is -3.93. The molecule has 24 heavy (non-hydrogen) atoms. The Labute approximate surface area is 138 Å². The summed E-state index contributed by atoms with van der Waals surface area (Å²) >= 11 is 0. The number of anilines is 1. The minimum atomic E-state index is -4.65. The van der Waals surface area contributed by atoms with Gasteiger partial charge < -0.3 is 11.1 Å². The van der Waals surface area contributed by atoms with Crippen LogP contribution in [-0.4, -0.2) is 33.1 Å². The first-order valence-electron chi connectivity index (χ1n) is 7.19. The number of halogens is 3. The molecule has 0 bridgehead atoms. The van der Waals surface area contributed by atoms with Crippen LogP contribution in [0.15, 0.2) is 29.2 Å². The van der Waals surface area contributed by atoms with E-state index in [1.807, 2.05) is 13.8 Å². The summed E-state index contributed by atoms with van der Waals surface area (Å²) in [5, 5.41) is 2.53. The number of carbonyl (C=O) groups is 1. The average molecular weight is 367 g/mol. The molecule has 1 rings (SSSR count). The van der Waals surface area contributed by atoms with Crippen LogP contribution in [0.4, 0.5) is 18.9 Å². The topological polar surface area (TPSA) is 101 Å². The fourth-order valence-corrected chi connectivity index (χ4v) is 2.73. The van der Waals surface area contributed by atoms with E-state index in [1.54, 1.807) is 0 Å². The van der Waals surface area contributed by atoms with Crippen molar-refractivity contribution in [2.45, 2.75) is 37.4 Å². The quantitative estimate of drug-likeness (QED) is 0.684. The lowest BCUT2D eigenvalue weighted by atomic mass is 9.99. The molecule has 0 saturated heterocycles. The maximum absolute atomic E-state index is 12.1. The third kappa shape index (κ3) is 6.10. The first-order valence-corrected chi connectivity index (χ1v) is 8.67. The Kier molecular flexibility index (Phi) is 6.76. The van der Waals surface area contributed by atoms with Gasteiger partial charge in [0.2, 0.25) is 15.9 Å². The van der Waals surface area contributed by atoms with Gasteiger partial charge in [0, 0.05) is 5.69 Å². The number of rotatable bonds is 7. The van der Waals surface area contributed by atoms with Crippen LogP contribution in [-0.2, 0) is 14.8 Å². The van der Waals surface area contributed by atoms with Crippen molar-refractivity contribution in [1.29, 1.82) is 0 Å². The van der Waals surface area contributed by atoms with Gasteiger partial charge >= 0.3 is 6.18 Å². The van der Waals surface area contributed by atoms with E-state index in [0.717, 1.165) is 18.6 Å². The Balaban J connectivity index is 2.77. The fourth-order valence-electron chi connectivity index (χ4n) is 1.72. The van der Waals surface area contributed by atoms with E-state index in [-0.39, 0.29) is 10.8 Å². The lowest BCUT2D eigenvalue weighted by Gasteiger charge is -2.17. The highest BCUT2D eigenvalue weighted by atomic mass is 32.2. The van der Waals surface area contributed by atoms with Gasteiger partial charge in [-0.1, -0.05) is 20.3 Å². The third-order valence-electron chi connectivity index (χ3n) is 3.45. The van der Waals surface area contributed by atoms with Gasteiger partial charge in [-0.2, -0.15) is 13.2 Å². The molecule has 10 heteroatoms. The van der Waals surface area contributed by atoms with Gasteiger partial charge in [-0.05, 0) is 30.2 Å². The molecule has 0 radical (unpaired) electrons. The molecule has 4 N–H and O–H groups in total. The first kappa shape index (κ1) is 20.4. The van der Waals surface area contributed by atoms with E-state index >= 15 is 0 Å². The zero-order valence-corrected chi connectivity index (χ0v) is 14.0. The van der Waals surface area contributed by atoms with Crippen molar-refractivity contribution in [1.82, 2.24) is 4.72 Å². The monoisotopic (exact) mass is 367 g/mol. The number of carbonyl (C=O) groups excluding carboxylic acids is 1. The van der Waals surface area contributed by atoms with E-state index in [4.69, 9.17) is 5.73 Å². The Bertz CT molecular complexity index is 660. The number of nitrogens with two attached hydrogens (primary N) is 1. The van der Waals surface area contributed by atoms with Gasteiger partial charge in [0.25, 0.3) is 0 Å². The minimum Gasteiger partial charge on any atom is -0.325 e. The molecule has 2 atom stereocenters. The molecule has 0 aliphatic heterocycles. The van der Waals surface area contributed by atoms with Gasteiger partial charge in [0.15, 0.2) is 0 Å². The molecular formula is C14H20F3N3O3S. The maximum atomic E-state index is 12.1. The second-order valence-corrected chi connectivity index (χ2v) is 7.13. The number of benzene rings is 1. The molecule has 136 valence electrons. The number of sulfonamides is 1. The van der Waals surface area contributed by atoms with Crippen molar-refractivity contribution in [3.63, 3.8) is 0 Å². The number of alkyl halides is 3. The molecular weight excluding hydrogens is 347 g/mol. The zero-order valence-electron chi connectivity index (χ0n) is 13.2. The standard InChI is InChI=1S/C14H20F3N3O3S/c1-3-9(2)12(18)13(21)20-10-4-6-11(7-5-10)24(22,23)19-8-14(15,16)17/h4-7,9,12,19H,3,8,18H2,1-2H3,(H,20,21). The predicted molar refractivity (Wildman–Crippen MR) is 83.7 cm³/mol. The van der Waals surface area contributed by atoms with Crippen LogP contribution >= 0.6 is 0 Å². The van der Waals surface area contributed by atoms with E-state index in [2.05, 4.69) is 5.32 Å². The van der Waals surface area contributed by atoms with E-state index in [9.17, 15) is 26.4 Å². The van der Waals surface area contributed by atoms with Gasteiger partial charge in [-0.3, -0.25) is 4.79 Å².